The molecule has 0 aliphatic rings. The van der Waals surface area contributed by atoms with Crippen molar-refractivity contribution in [2.24, 2.45) is 5.73 Å². The molecule has 1 unspecified atom stereocenters. The molecule has 0 bridgehead atoms. The summed E-state index contributed by atoms with van der Waals surface area (Å²) in [5, 5.41) is 20.1. The van der Waals surface area contributed by atoms with Gasteiger partial charge in [-0.2, -0.15) is 5.26 Å². The van der Waals surface area contributed by atoms with Crippen LogP contribution >= 0.6 is 0 Å². The molecule has 0 aliphatic carbocycles. The molecule has 0 saturated heterocycles. The van der Waals surface area contributed by atoms with Crippen molar-refractivity contribution < 1.29 is 9.90 Å². The van der Waals surface area contributed by atoms with E-state index < -0.39 is 12.0 Å². The molecule has 0 heterocycles. The van der Waals surface area contributed by atoms with E-state index in [2.05, 4.69) is 5.32 Å². The number of nitrogens with two attached hydrogens (primary N) is 1. The number of carbonyl (C=O) groups is 1. The Hall–Kier alpha value is -2.06. The molecular formula is C11H13N3O2. The first kappa shape index (κ1) is 12.0. The molecule has 0 aliphatic heterocycles. The summed E-state index contributed by atoms with van der Waals surface area (Å²) in [5.41, 5.74) is 6.99. The summed E-state index contributed by atoms with van der Waals surface area (Å²) >= 11 is 0. The number of hydrogen-bond acceptors (Lipinski definition) is 4. The number of benzene rings is 1. The number of nitriles is 1. The van der Waals surface area contributed by atoms with Crippen LogP contribution in [0.1, 0.15) is 12.0 Å². The number of carboxylic acid groups (broad SMARTS) is 1. The van der Waals surface area contributed by atoms with Gasteiger partial charge in [0.1, 0.15) is 0 Å². The first-order valence-electron chi connectivity index (χ1n) is 4.83. The molecule has 1 aromatic carbocycles. The molecule has 16 heavy (non-hydrogen) atoms. The second kappa shape index (κ2) is 5.73. The summed E-state index contributed by atoms with van der Waals surface area (Å²) in [6, 6.07) is 8.48. The Labute approximate surface area is 93.5 Å². The topological polar surface area (TPSA) is 99.1 Å². The first-order chi connectivity index (χ1) is 7.61. The van der Waals surface area contributed by atoms with E-state index in [9.17, 15) is 4.79 Å². The van der Waals surface area contributed by atoms with E-state index in [0.29, 0.717) is 12.1 Å². The summed E-state index contributed by atoms with van der Waals surface area (Å²) in [5.74, 6) is -0.908. The quantitative estimate of drug-likeness (QED) is 0.679. The maximum Gasteiger partial charge on any atom is 0.304 e. The molecule has 0 amide bonds. The molecule has 0 spiro atoms. The van der Waals surface area contributed by atoms with Crippen LogP contribution in [0.5, 0.6) is 0 Å². The zero-order valence-electron chi connectivity index (χ0n) is 8.68. The van der Waals surface area contributed by atoms with E-state index in [0.717, 1.165) is 5.69 Å². The van der Waals surface area contributed by atoms with Gasteiger partial charge in [0.05, 0.1) is 18.1 Å². The van der Waals surface area contributed by atoms with Gasteiger partial charge in [-0.1, -0.05) is 0 Å². The van der Waals surface area contributed by atoms with E-state index in [1.165, 1.54) is 0 Å². The third-order valence-electron chi connectivity index (χ3n) is 2.02. The SMILES string of the molecule is N#Cc1ccc(NCC(N)CC(=O)O)cc1. The van der Waals surface area contributed by atoms with Gasteiger partial charge in [-0.25, -0.2) is 0 Å². The molecule has 5 heteroatoms. The molecule has 1 rings (SSSR count). The van der Waals surface area contributed by atoms with Gasteiger partial charge >= 0.3 is 5.97 Å². The zero-order valence-corrected chi connectivity index (χ0v) is 8.68. The standard InChI is InChI=1S/C11H13N3O2/c12-6-8-1-3-10(4-2-8)14-7-9(13)5-11(15)16/h1-4,9,14H,5,7,13H2,(H,15,16). The highest BCUT2D eigenvalue weighted by Gasteiger charge is 2.07. The lowest BCUT2D eigenvalue weighted by Crippen LogP contribution is -2.31. The number of aliphatic carboxylic acids is 1. The van der Waals surface area contributed by atoms with Crippen molar-refractivity contribution in [3.05, 3.63) is 29.8 Å². The van der Waals surface area contributed by atoms with E-state index in [-0.39, 0.29) is 6.42 Å². The summed E-state index contributed by atoms with van der Waals surface area (Å²) in [4.78, 5) is 10.4. The Morgan fingerprint density at radius 2 is 2.12 bits per heavy atom. The average Bonchev–Trinajstić information content (AvgIpc) is 2.26. The molecule has 0 saturated carbocycles. The maximum absolute atomic E-state index is 10.4. The van der Waals surface area contributed by atoms with Crippen molar-refractivity contribution in [1.29, 1.82) is 5.26 Å². The molecule has 1 atom stereocenters. The van der Waals surface area contributed by atoms with Crippen LogP contribution in [0.4, 0.5) is 5.69 Å². The van der Waals surface area contributed by atoms with Crippen LogP contribution < -0.4 is 11.1 Å². The van der Waals surface area contributed by atoms with Crippen molar-refractivity contribution >= 4 is 11.7 Å². The van der Waals surface area contributed by atoms with E-state index >= 15 is 0 Å². The van der Waals surface area contributed by atoms with Crippen molar-refractivity contribution in [1.82, 2.24) is 0 Å². The van der Waals surface area contributed by atoms with Gasteiger partial charge in [0, 0.05) is 18.3 Å². The molecule has 1 aromatic rings. The second-order valence-electron chi connectivity index (χ2n) is 3.43. The van der Waals surface area contributed by atoms with Crippen LogP contribution in [-0.2, 0) is 4.79 Å². The Balaban J connectivity index is 2.43. The van der Waals surface area contributed by atoms with Crippen molar-refractivity contribution in [2.45, 2.75) is 12.5 Å². The minimum atomic E-state index is -0.908. The third-order valence-corrected chi connectivity index (χ3v) is 2.02. The molecule has 4 N–H and O–H groups in total. The summed E-state index contributed by atoms with van der Waals surface area (Å²) in [7, 11) is 0. The van der Waals surface area contributed by atoms with E-state index in [1.807, 2.05) is 6.07 Å². The summed E-state index contributed by atoms with van der Waals surface area (Å²) in [6.07, 6.45) is -0.0662. The lowest BCUT2D eigenvalue weighted by atomic mass is 10.2. The minimum absolute atomic E-state index is 0.0662. The van der Waals surface area contributed by atoms with Crippen molar-refractivity contribution in [3.8, 4) is 6.07 Å². The Kier molecular flexibility index (Phi) is 4.30. The first-order valence-corrected chi connectivity index (χ1v) is 4.83. The fourth-order valence-corrected chi connectivity index (χ4v) is 1.21. The summed E-state index contributed by atoms with van der Waals surface area (Å²) < 4.78 is 0. The van der Waals surface area contributed by atoms with Crippen LogP contribution in [0.15, 0.2) is 24.3 Å². The Morgan fingerprint density at radius 1 is 1.50 bits per heavy atom. The Morgan fingerprint density at radius 3 is 2.62 bits per heavy atom. The van der Waals surface area contributed by atoms with Gasteiger partial charge in [-0.05, 0) is 24.3 Å². The lowest BCUT2D eigenvalue weighted by molar-refractivity contribution is -0.137. The number of carboxylic acids is 1. The fourth-order valence-electron chi connectivity index (χ4n) is 1.21. The van der Waals surface area contributed by atoms with Crippen LogP contribution in [0, 0.1) is 11.3 Å². The molecule has 5 nitrogen and oxygen atoms in total. The molecule has 0 aromatic heterocycles. The largest absolute Gasteiger partial charge is 0.481 e. The predicted octanol–water partition coefficient (Wildman–Crippen LogP) is 0.772. The number of anilines is 1. The molecule has 84 valence electrons. The number of hydrogen-bond donors (Lipinski definition) is 3. The highest BCUT2D eigenvalue weighted by molar-refractivity contribution is 5.67. The maximum atomic E-state index is 10.4. The third kappa shape index (κ3) is 3.98. The van der Waals surface area contributed by atoms with E-state index in [1.54, 1.807) is 24.3 Å². The number of nitrogens with one attached hydrogen (secondary N) is 1. The minimum Gasteiger partial charge on any atom is -0.481 e. The molecular weight excluding hydrogens is 206 g/mol. The van der Waals surface area contributed by atoms with Gasteiger partial charge < -0.3 is 16.2 Å². The van der Waals surface area contributed by atoms with Gasteiger partial charge in [-0.15, -0.1) is 0 Å². The smallest absolute Gasteiger partial charge is 0.304 e. The number of rotatable bonds is 5. The van der Waals surface area contributed by atoms with Gasteiger partial charge in [0.25, 0.3) is 0 Å². The monoisotopic (exact) mass is 219 g/mol. The van der Waals surface area contributed by atoms with Crippen molar-refractivity contribution in [3.63, 3.8) is 0 Å². The van der Waals surface area contributed by atoms with Crippen LogP contribution in [-0.4, -0.2) is 23.7 Å². The fraction of sp³-hybridized carbons (Fsp3) is 0.273. The highest BCUT2D eigenvalue weighted by Crippen LogP contribution is 2.08. The van der Waals surface area contributed by atoms with Gasteiger partial charge in [0.2, 0.25) is 0 Å². The van der Waals surface area contributed by atoms with Crippen LogP contribution in [0.25, 0.3) is 0 Å². The molecule has 0 radical (unpaired) electrons. The average molecular weight is 219 g/mol. The highest BCUT2D eigenvalue weighted by atomic mass is 16.4. The van der Waals surface area contributed by atoms with E-state index in [4.69, 9.17) is 16.1 Å². The zero-order chi connectivity index (χ0) is 12.0. The number of nitrogens with zero attached hydrogens (tertiary/aromatic N) is 1. The van der Waals surface area contributed by atoms with Gasteiger partial charge in [-0.3, -0.25) is 4.79 Å². The van der Waals surface area contributed by atoms with Gasteiger partial charge in [0.15, 0.2) is 0 Å². The van der Waals surface area contributed by atoms with Crippen LogP contribution in [0.3, 0.4) is 0 Å². The predicted molar refractivity (Wildman–Crippen MR) is 59.9 cm³/mol. The molecule has 0 fully saturated rings. The Bertz CT molecular complexity index is 395. The second-order valence-corrected chi connectivity index (χ2v) is 3.43. The van der Waals surface area contributed by atoms with Crippen molar-refractivity contribution in [2.75, 3.05) is 11.9 Å². The van der Waals surface area contributed by atoms with Crippen LogP contribution in [0.2, 0.25) is 0 Å². The summed E-state index contributed by atoms with van der Waals surface area (Å²) in [6.45, 7) is 0.387. The normalized spacial score (nSPS) is 11.5. The lowest BCUT2D eigenvalue weighted by Gasteiger charge is -2.11.